The number of methoxy groups -OCH3 is 1. The van der Waals surface area contributed by atoms with E-state index in [0.29, 0.717) is 22.6 Å². The predicted octanol–water partition coefficient (Wildman–Crippen LogP) is 5.00. The van der Waals surface area contributed by atoms with Crippen LogP contribution in [0.5, 0.6) is 17.4 Å². The van der Waals surface area contributed by atoms with Gasteiger partial charge in [-0.05, 0) is 42.8 Å². The molecular weight excluding hydrogens is 452 g/mol. The SMILES string of the molecule is COc1cc(C#N)ccc1Oc1ncc(Cl)c(C)c1C(=O)Nc1cccc([S@](C)(=N)=O)c1. The van der Waals surface area contributed by atoms with Crippen molar-refractivity contribution in [1.82, 2.24) is 4.98 Å². The second-order valence-electron chi connectivity index (χ2n) is 6.82. The number of carbonyl (C=O) groups excluding carboxylic acids is 1. The highest BCUT2D eigenvalue weighted by molar-refractivity contribution is 7.91. The number of benzene rings is 2. The number of hydrogen-bond donors (Lipinski definition) is 2. The molecule has 0 saturated heterocycles. The van der Waals surface area contributed by atoms with Gasteiger partial charge in [0, 0.05) is 29.1 Å². The summed E-state index contributed by atoms with van der Waals surface area (Å²) in [7, 11) is -1.52. The Morgan fingerprint density at radius 1 is 1.25 bits per heavy atom. The van der Waals surface area contributed by atoms with Crippen molar-refractivity contribution in [3.05, 3.63) is 70.4 Å². The third-order valence-electron chi connectivity index (χ3n) is 4.51. The molecule has 2 aromatic carbocycles. The van der Waals surface area contributed by atoms with Crippen molar-refractivity contribution in [2.45, 2.75) is 11.8 Å². The molecule has 0 bridgehead atoms. The second-order valence-corrected chi connectivity index (χ2v) is 9.38. The maximum atomic E-state index is 13.1. The average molecular weight is 471 g/mol. The minimum Gasteiger partial charge on any atom is -0.493 e. The van der Waals surface area contributed by atoms with Crippen LogP contribution < -0.4 is 14.8 Å². The topological polar surface area (TPSA) is 125 Å². The zero-order valence-corrected chi connectivity index (χ0v) is 19.0. The molecule has 1 atom stereocenters. The molecule has 2 N–H and O–H groups in total. The summed E-state index contributed by atoms with van der Waals surface area (Å²) in [5, 5.41) is 12.1. The van der Waals surface area contributed by atoms with E-state index in [1.54, 1.807) is 37.3 Å². The highest BCUT2D eigenvalue weighted by atomic mass is 35.5. The normalized spacial score (nSPS) is 12.3. The molecule has 164 valence electrons. The van der Waals surface area contributed by atoms with Crippen molar-refractivity contribution in [3.8, 4) is 23.4 Å². The Morgan fingerprint density at radius 3 is 2.66 bits per heavy atom. The smallest absolute Gasteiger partial charge is 0.261 e. The Morgan fingerprint density at radius 2 is 2.00 bits per heavy atom. The molecule has 10 heteroatoms. The van der Waals surface area contributed by atoms with Crippen molar-refractivity contribution in [1.29, 1.82) is 10.0 Å². The first-order chi connectivity index (χ1) is 15.1. The summed E-state index contributed by atoms with van der Waals surface area (Å²) in [6.45, 7) is 1.65. The van der Waals surface area contributed by atoms with E-state index in [9.17, 15) is 9.00 Å². The molecule has 3 rings (SSSR count). The molecule has 3 aromatic rings. The van der Waals surface area contributed by atoms with E-state index in [2.05, 4.69) is 10.3 Å². The van der Waals surface area contributed by atoms with E-state index in [4.69, 9.17) is 31.1 Å². The van der Waals surface area contributed by atoms with Gasteiger partial charge in [0.15, 0.2) is 11.5 Å². The van der Waals surface area contributed by atoms with Crippen molar-refractivity contribution in [2.75, 3.05) is 18.7 Å². The van der Waals surface area contributed by atoms with Crippen LogP contribution in [0, 0.1) is 23.0 Å². The number of nitriles is 1. The van der Waals surface area contributed by atoms with Crippen LogP contribution in [0.1, 0.15) is 21.5 Å². The monoisotopic (exact) mass is 470 g/mol. The number of carbonyl (C=O) groups is 1. The van der Waals surface area contributed by atoms with E-state index in [1.807, 2.05) is 6.07 Å². The van der Waals surface area contributed by atoms with Crippen LogP contribution in [-0.2, 0) is 9.73 Å². The molecule has 0 aliphatic heterocycles. The van der Waals surface area contributed by atoms with Gasteiger partial charge in [0.05, 0.1) is 33.5 Å². The maximum absolute atomic E-state index is 13.1. The largest absolute Gasteiger partial charge is 0.493 e. The van der Waals surface area contributed by atoms with Crippen LogP contribution in [0.25, 0.3) is 0 Å². The number of hydrogen-bond acceptors (Lipinski definition) is 7. The molecule has 1 aromatic heterocycles. The highest BCUT2D eigenvalue weighted by Crippen LogP contribution is 2.35. The first-order valence-corrected chi connectivity index (χ1v) is 11.5. The molecule has 1 heterocycles. The molecular formula is C22H19ClN4O4S. The molecule has 0 aliphatic carbocycles. The van der Waals surface area contributed by atoms with Crippen LogP contribution in [-0.4, -0.2) is 28.5 Å². The van der Waals surface area contributed by atoms with E-state index < -0.39 is 15.6 Å². The molecule has 1 amide bonds. The molecule has 8 nitrogen and oxygen atoms in total. The maximum Gasteiger partial charge on any atom is 0.261 e. The number of nitrogens with zero attached hydrogens (tertiary/aromatic N) is 2. The van der Waals surface area contributed by atoms with Gasteiger partial charge < -0.3 is 14.8 Å². The summed E-state index contributed by atoms with van der Waals surface area (Å²) in [5.41, 5.74) is 1.28. The number of halogens is 1. The summed E-state index contributed by atoms with van der Waals surface area (Å²) in [4.78, 5) is 17.6. The molecule has 0 unspecified atom stereocenters. The first kappa shape index (κ1) is 23.1. The van der Waals surface area contributed by atoms with Gasteiger partial charge in [-0.3, -0.25) is 4.79 Å². The molecule has 0 radical (unpaired) electrons. The van der Waals surface area contributed by atoms with Crippen LogP contribution in [0.4, 0.5) is 5.69 Å². The molecule has 0 fully saturated rings. The summed E-state index contributed by atoms with van der Waals surface area (Å²) in [6.07, 6.45) is 2.67. The molecule has 32 heavy (non-hydrogen) atoms. The quantitative estimate of drug-likeness (QED) is 0.522. The first-order valence-electron chi connectivity index (χ1n) is 9.20. The predicted molar refractivity (Wildman–Crippen MR) is 121 cm³/mol. The summed E-state index contributed by atoms with van der Waals surface area (Å²) >= 11 is 6.20. The Hall–Kier alpha value is -3.61. The minimum atomic E-state index is -2.95. The lowest BCUT2D eigenvalue weighted by Crippen LogP contribution is -2.16. The summed E-state index contributed by atoms with van der Waals surface area (Å²) in [5.74, 6) is -0.00412. The van der Waals surface area contributed by atoms with Crippen LogP contribution >= 0.6 is 11.6 Å². The van der Waals surface area contributed by atoms with Gasteiger partial charge in [0.2, 0.25) is 5.88 Å². The van der Waals surface area contributed by atoms with E-state index in [0.717, 1.165) is 0 Å². The number of anilines is 1. The third kappa shape index (κ3) is 4.99. The number of nitrogens with one attached hydrogen (secondary N) is 2. The standard InChI is InChI=1S/C22H19ClN4O4S/c1-13-17(23)12-26-22(31-18-8-7-14(11-24)9-19(18)30-2)20(13)21(28)27-15-5-4-6-16(10-15)32(3,25)29/h4-10,12,25H,1-3H3,(H,27,28)/t32-/m1/s1. The fourth-order valence-electron chi connectivity index (χ4n) is 2.84. The molecule has 0 saturated carbocycles. The lowest BCUT2D eigenvalue weighted by molar-refractivity contribution is 0.102. The number of ether oxygens (including phenoxy) is 2. The fraction of sp³-hybridized carbons (Fsp3) is 0.136. The zero-order valence-electron chi connectivity index (χ0n) is 17.4. The number of aromatic nitrogens is 1. The fourth-order valence-corrected chi connectivity index (χ4v) is 3.67. The highest BCUT2D eigenvalue weighted by Gasteiger charge is 2.22. The summed E-state index contributed by atoms with van der Waals surface area (Å²) in [6, 6.07) is 12.9. The second kappa shape index (κ2) is 9.26. The van der Waals surface area contributed by atoms with Crippen molar-refractivity contribution in [2.24, 2.45) is 0 Å². The van der Waals surface area contributed by atoms with Crippen LogP contribution in [0.15, 0.2) is 53.6 Å². The van der Waals surface area contributed by atoms with Gasteiger partial charge in [-0.15, -0.1) is 0 Å². The number of rotatable bonds is 6. The van der Waals surface area contributed by atoms with Gasteiger partial charge in [0.25, 0.3) is 5.91 Å². The van der Waals surface area contributed by atoms with Gasteiger partial charge >= 0.3 is 0 Å². The van der Waals surface area contributed by atoms with Gasteiger partial charge in [-0.25, -0.2) is 14.0 Å². The third-order valence-corrected chi connectivity index (χ3v) is 6.04. The van der Waals surface area contributed by atoms with E-state index >= 15 is 0 Å². The summed E-state index contributed by atoms with van der Waals surface area (Å²) < 4.78 is 30.9. The van der Waals surface area contributed by atoms with E-state index in [1.165, 1.54) is 31.7 Å². The zero-order chi connectivity index (χ0) is 23.5. The molecule has 0 spiro atoms. The van der Waals surface area contributed by atoms with Gasteiger partial charge in [-0.1, -0.05) is 17.7 Å². The minimum absolute atomic E-state index is 0.0108. The van der Waals surface area contributed by atoms with E-state index in [-0.39, 0.29) is 27.1 Å². The lowest BCUT2D eigenvalue weighted by atomic mass is 10.1. The van der Waals surface area contributed by atoms with Gasteiger partial charge in [0.1, 0.15) is 5.56 Å². The van der Waals surface area contributed by atoms with Crippen molar-refractivity contribution >= 4 is 32.9 Å². The van der Waals surface area contributed by atoms with Crippen molar-refractivity contribution < 1.29 is 18.5 Å². The average Bonchev–Trinajstić information content (AvgIpc) is 2.76. The lowest BCUT2D eigenvalue weighted by Gasteiger charge is -2.15. The molecule has 0 aliphatic rings. The Labute approximate surface area is 190 Å². The van der Waals surface area contributed by atoms with Crippen LogP contribution in [0.2, 0.25) is 5.02 Å². The van der Waals surface area contributed by atoms with Crippen LogP contribution in [0.3, 0.4) is 0 Å². The van der Waals surface area contributed by atoms with Crippen molar-refractivity contribution in [3.63, 3.8) is 0 Å². The Kier molecular flexibility index (Phi) is 6.67. The number of pyridine rings is 1. The Balaban J connectivity index is 2.00. The number of amides is 1. The van der Waals surface area contributed by atoms with Gasteiger partial charge in [-0.2, -0.15) is 5.26 Å². The Bertz CT molecular complexity index is 1350.